The number of carbonyl (C=O) groups is 1. The van der Waals surface area contributed by atoms with Gasteiger partial charge in [-0.3, -0.25) is 0 Å². The number of anilines is 1. The number of furan rings is 1. The van der Waals surface area contributed by atoms with E-state index < -0.39 is 5.97 Å². The van der Waals surface area contributed by atoms with Crippen molar-refractivity contribution in [3.05, 3.63) is 64.4 Å². The summed E-state index contributed by atoms with van der Waals surface area (Å²) in [6.07, 6.45) is 0.850. The Kier molecular flexibility index (Phi) is 4.53. The first-order valence-corrected chi connectivity index (χ1v) is 8.53. The molecule has 25 heavy (non-hydrogen) atoms. The Hall–Kier alpha value is -2.75. The molecule has 1 heterocycles. The van der Waals surface area contributed by atoms with Gasteiger partial charge in [-0.15, -0.1) is 0 Å². The summed E-state index contributed by atoms with van der Waals surface area (Å²) in [6, 6.07) is 11.1. The van der Waals surface area contributed by atoms with Crippen molar-refractivity contribution in [3.63, 3.8) is 0 Å². The Morgan fingerprint density at radius 1 is 1.24 bits per heavy atom. The van der Waals surface area contributed by atoms with Gasteiger partial charge in [-0.2, -0.15) is 0 Å². The number of rotatable bonds is 5. The Balaban J connectivity index is 2.06. The van der Waals surface area contributed by atoms with Crippen LogP contribution in [0.4, 0.5) is 5.69 Å². The van der Waals surface area contributed by atoms with Crippen LogP contribution in [0.15, 0.2) is 40.8 Å². The standard InChI is InChI=1S/C21H23NO3/c1-5-19-13(3)16-10-12(2)11-17(20(16)25-19)14(4)22-18-9-7-6-8-15(18)21(23)24/h6-11,14,22H,5H2,1-4H3,(H,23,24). The molecule has 3 aromatic rings. The first kappa shape index (κ1) is 17.1. The van der Waals surface area contributed by atoms with E-state index in [0.717, 1.165) is 34.3 Å². The summed E-state index contributed by atoms with van der Waals surface area (Å²) in [5, 5.41) is 13.8. The van der Waals surface area contributed by atoms with Crippen molar-refractivity contribution >= 4 is 22.6 Å². The molecule has 1 unspecified atom stereocenters. The van der Waals surface area contributed by atoms with Crippen LogP contribution in [0.5, 0.6) is 0 Å². The molecule has 0 aliphatic heterocycles. The van der Waals surface area contributed by atoms with E-state index in [1.807, 2.05) is 13.0 Å². The molecule has 4 heteroatoms. The summed E-state index contributed by atoms with van der Waals surface area (Å²) in [4.78, 5) is 11.4. The molecule has 0 aliphatic rings. The Morgan fingerprint density at radius 2 is 1.96 bits per heavy atom. The number of aryl methyl sites for hydroxylation is 3. The van der Waals surface area contributed by atoms with Crippen LogP contribution in [0.25, 0.3) is 11.0 Å². The molecule has 130 valence electrons. The molecule has 2 aromatic carbocycles. The van der Waals surface area contributed by atoms with Gasteiger partial charge in [0.25, 0.3) is 0 Å². The molecule has 0 radical (unpaired) electrons. The lowest BCUT2D eigenvalue weighted by atomic mass is 10.00. The van der Waals surface area contributed by atoms with E-state index in [9.17, 15) is 9.90 Å². The summed E-state index contributed by atoms with van der Waals surface area (Å²) < 4.78 is 6.11. The van der Waals surface area contributed by atoms with Crippen molar-refractivity contribution in [1.29, 1.82) is 0 Å². The van der Waals surface area contributed by atoms with Crippen LogP contribution in [0, 0.1) is 13.8 Å². The molecule has 0 bridgehead atoms. The first-order chi connectivity index (χ1) is 11.9. The monoisotopic (exact) mass is 337 g/mol. The molecule has 0 aliphatic carbocycles. The summed E-state index contributed by atoms with van der Waals surface area (Å²) >= 11 is 0. The van der Waals surface area contributed by atoms with Gasteiger partial charge in [-0.1, -0.05) is 25.1 Å². The average Bonchev–Trinajstić information content (AvgIpc) is 2.90. The Bertz CT molecular complexity index is 940. The number of hydrogen-bond acceptors (Lipinski definition) is 3. The van der Waals surface area contributed by atoms with E-state index in [2.05, 4.69) is 38.2 Å². The first-order valence-electron chi connectivity index (χ1n) is 8.53. The summed E-state index contributed by atoms with van der Waals surface area (Å²) in [5.41, 5.74) is 5.14. The van der Waals surface area contributed by atoms with Gasteiger partial charge in [0.2, 0.25) is 0 Å². The molecule has 1 atom stereocenters. The number of aromatic carboxylic acids is 1. The largest absolute Gasteiger partial charge is 0.478 e. The second kappa shape index (κ2) is 6.63. The van der Waals surface area contributed by atoms with Crippen molar-refractivity contribution in [2.75, 3.05) is 5.32 Å². The fourth-order valence-corrected chi connectivity index (χ4v) is 3.31. The number of benzene rings is 2. The SMILES string of the molecule is CCc1oc2c(C(C)Nc3ccccc3C(=O)O)cc(C)cc2c1C. The van der Waals surface area contributed by atoms with E-state index in [-0.39, 0.29) is 11.6 Å². The van der Waals surface area contributed by atoms with Crippen molar-refractivity contribution in [2.45, 2.75) is 40.2 Å². The van der Waals surface area contributed by atoms with Gasteiger partial charge in [0.15, 0.2) is 0 Å². The zero-order chi connectivity index (χ0) is 18.1. The minimum absolute atomic E-state index is 0.0850. The van der Waals surface area contributed by atoms with Gasteiger partial charge in [-0.05, 0) is 50.1 Å². The molecule has 0 spiro atoms. The average molecular weight is 337 g/mol. The van der Waals surface area contributed by atoms with Crippen molar-refractivity contribution in [2.24, 2.45) is 0 Å². The third-order valence-corrected chi connectivity index (χ3v) is 4.63. The highest BCUT2D eigenvalue weighted by atomic mass is 16.4. The van der Waals surface area contributed by atoms with Crippen LogP contribution in [-0.4, -0.2) is 11.1 Å². The van der Waals surface area contributed by atoms with E-state index in [1.165, 1.54) is 5.56 Å². The number of fused-ring (bicyclic) bond motifs is 1. The zero-order valence-electron chi connectivity index (χ0n) is 15.0. The predicted octanol–water partition coefficient (Wildman–Crippen LogP) is 5.48. The Morgan fingerprint density at radius 3 is 2.64 bits per heavy atom. The van der Waals surface area contributed by atoms with Crippen LogP contribution in [0.1, 0.15) is 52.7 Å². The number of hydrogen-bond donors (Lipinski definition) is 2. The number of carboxylic acids is 1. The topological polar surface area (TPSA) is 62.5 Å². The van der Waals surface area contributed by atoms with E-state index >= 15 is 0 Å². The van der Waals surface area contributed by atoms with Crippen molar-refractivity contribution in [3.8, 4) is 0 Å². The van der Waals surface area contributed by atoms with Crippen molar-refractivity contribution < 1.29 is 14.3 Å². The van der Waals surface area contributed by atoms with E-state index in [1.54, 1.807) is 18.2 Å². The number of carboxylic acid groups (broad SMARTS) is 1. The number of para-hydroxylation sites is 1. The highest BCUT2D eigenvalue weighted by Gasteiger charge is 2.19. The van der Waals surface area contributed by atoms with Crippen LogP contribution in [-0.2, 0) is 6.42 Å². The highest BCUT2D eigenvalue weighted by Crippen LogP contribution is 2.34. The molecule has 2 N–H and O–H groups in total. The molecular formula is C21H23NO3. The van der Waals surface area contributed by atoms with Crippen molar-refractivity contribution in [1.82, 2.24) is 0 Å². The second-order valence-corrected chi connectivity index (χ2v) is 6.45. The third kappa shape index (κ3) is 3.12. The second-order valence-electron chi connectivity index (χ2n) is 6.45. The fourth-order valence-electron chi connectivity index (χ4n) is 3.31. The van der Waals surface area contributed by atoms with Gasteiger partial charge < -0.3 is 14.8 Å². The van der Waals surface area contributed by atoms with Crippen LogP contribution >= 0.6 is 0 Å². The molecule has 0 saturated heterocycles. The molecule has 0 saturated carbocycles. The lowest BCUT2D eigenvalue weighted by Crippen LogP contribution is -2.11. The quantitative estimate of drug-likeness (QED) is 0.647. The Labute approximate surface area is 147 Å². The highest BCUT2D eigenvalue weighted by molar-refractivity contribution is 5.94. The smallest absolute Gasteiger partial charge is 0.337 e. The third-order valence-electron chi connectivity index (χ3n) is 4.63. The maximum absolute atomic E-state index is 11.4. The van der Waals surface area contributed by atoms with Gasteiger partial charge >= 0.3 is 5.97 Å². The molecular weight excluding hydrogens is 314 g/mol. The molecule has 3 rings (SSSR count). The van der Waals surface area contributed by atoms with Gasteiger partial charge in [0.05, 0.1) is 11.6 Å². The maximum atomic E-state index is 11.4. The van der Waals surface area contributed by atoms with E-state index in [4.69, 9.17) is 4.42 Å². The van der Waals surface area contributed by atoms with E-state index in [0.29, 0.717) is 5.69 Å². The molecule has 0 fully saturated rings. The lowest BCUT2D eigenvalue weighted by molar-refractivity contribution is 0.0698. The van der Waals surface area contributed by atoms with Gasteiger partial charge in [-0.25, -0.2) is 4.79 Å². The predicted molar refractivity (Wildman–Crippen MR) is 101 cm³/mol. The van der Waals surface area contributed by atoms with Gasteiger partial charge in [0, 0.05) is 23.1 Å². The fraction of sp³-hybridized carbons (Fsp3) is 0.286. The minimum atomic E-state index is -0.938. The van der Waals surface area contributed by atoms with Crippen LogP contribution in [0.2, 0.25) is 0 Å². The number of nitrogens with one attached hydrogen (secondary N) is 1. The zero-order valence-corrected chi connectivity index (χ0v) is 15.0. The summed E-state index contributed by atoms with van der Waals surface area (Å²) in [6.45, 7) is 8.27. The van der Waals surface area contributed by atoms with Crippen LogP contribution in [0.3, 0.4) is 0 Å². The summed E-state index contributed by atoms with van der Waals surface area (Å²) in [7, 11) is 0. The molecule has 0 amide bonds. The van der Waals surface area contributed by atoms with Crippen LogP contribution < -0.4 is 5.32 Å². The maximum Gasteiger partial charge on any atom is 0.337 e. The van der Waals surface area contributed by atoms with Gasteiger partial charge in [0.1, 0.15) is 11.3 Å². The normalized spacial score (nSPS) is 12.3. The molecule has 4 nitrogen and oxygen atoms in total. The minimum Gasteiger partial charge on any atom is -0.478 e. The lowest BCUT2D eigenvalue weighted by Gasteiger charge is -2.18. The molecule has 1 aromatic heterocycles. The summed E-state index contributed by atoms with van der Waals surface area (Å²) in [5.74, 6) is 0.0618.